The Bertz CT molecular complexity index is 3820. The Morgan fingerprint density at radius 3 is 1.81 bits per heavy atom. The van der Waals surface area contributed by atoms with Gasteiger partial charge in [-0.05, 0) is 117 Å². The van der Waals surface area contributed by atoms with E-state index in [4.69, 9.17) is 9.97 Å². The Morgan fingerprint density at radius 2 is 1.01 bits per heavy atom. The maximum Gasteiger partial charge on any atom is 0.160 e. The van der Waals surface area contributed by atoms with E-state index in [2.05, 4.69) is 255 Å². The molecule has 0 amide bonds. The molecule has 0 spiro atoms. The third kappa shape index (κ3) is 7.46. The first kappa shape index (κ1) is 40.9. The number of fused-ring (bicyclic) bond motifs is 6. The third-order valence-corrected chi connectivity index (χ3v) is 13.4. The summed E-state index contributed by atoms with van der Waals surface area (Å²) in [6.07, 6.45) is 0. The number of para-hydroxylation sites is 3. The average molecular weight is 873 g/mol. The molecule has 0 aliphatic rings. The van der Waals surface area contributed by atoms with Crippen LogP contribution < -0.4 is 5.32 Å². The van der Waals surface area contributed by atoms with Crippen molar-refractivity contribution in [1.82, 2.24) is 14.5 Å². The lowest BCUT2D eigenvalue weighted by Crippen LogP contribution is -2.10. The van der Waals surface area contributed by atoms with Crippen LogP contribution in [0.3, 0.4) is 0 Å². The SMILES string of the molecule is CC(C)(C)c1ccc(-c2ccc(-c3nc(-c4ccc(-n5c6ccccc6c6cc(-c7cccc(-c8ccccc8Nc8ccccc8)c7)ccc65)cc4)nc4c3ccc3ccccc34)cc2)cc1. The highest BCUT2D eigenvalue weighted by Crippen LogP contribution is 2.39. The van der Waals surface area contributed by atoms with Crippen molar-refractivity contribution in [3.8, 4) is 61.7 Å². The molecule has 0 aliphatic carbocycles. The monoisotopic (exact) mass is 872 g/mol. The number of benzene rings is 10. The lowest BCUT2D eigenvalue weighted by molar-refractivity contribution is 0.590. The Kier molecular flexibility index (Phi) is 10.0. The zero-order chi connectivity index (χ0) is 45.8. The second kappa shape index (κ2) is 16.7. The van der Waals surface area contributed by atoms with Crippen LogP contribution in [-0.2, 0) is 5.41 Å². The summed E-state index contributed by atoms with van der Waals surface area (Å²) in [6.45, 7) is 6.76. The lowest BCUT2D eigenvalue weighted by atomic mass is 9.86. The molecule has 4 nitrogen and oxygen atoms in total. The standard InChI is InChI=1S/C64H48N4/c1-64(2,3)50-34-28-43(29-35-50)42-24-26-45(27-25-42)61-56-38-32-44-14-7-8-20-54(44)62(56)67-63(66-61)46-30-36-52(37-31-46)68-59-23-12-10-21-55(59)57-41-48(33-39-60(57)68)47-15-13-16-49(40-47)53-19-9-11-22-58(53)65-51-17-5-4-6-18-51/h4-41,65H,1-3H3. The summed E-state index contributed by atoms with van der Waals surface area (Å²) in [5.41, 5.74) is 17.9. The highest BCUT2D eigenvalue weighted by molar-refractivity contribution is 6.11. The first-order chi connectivity index (χ1) is 33.3. The fourth-order valence-corrected chi connectivity index (χ4v) is 9.77. The molecule has 0 radical (unpaired) electrons. The minimum atomic E-state index is 0.111. The van der Waals surface area contributed by atoms with Crippen molar-refractivity contribution >= 4 is 54.9 Å². The van der Waals surface area contributed by atoms with Crippen LogP contribution >= 0.6 is 0 Å². The molecule has 10 aromatic carbocycles. The number of hydrogen-bond donors (Lipinski definition) is 1. The molecular formula is C64H48N4. The predicted octanol–water partition coefficient (Wildman–Crippen LogP) is 17.3. The molecule has 68 heavy (non-hydrogen) atoms. The van der Waals surface area contributed by atoms with E-state index in [1.165, 1.54) is 38.6 Å². The van der Waals surface area contributed by atoms with E-state index in [-0.39, 0.29) is 5.41 Å². The van der Waals surface area contributed by atoms with E-state index in [9.17, 15) is 0 Å². The molecule has 0 saturated carbocycles. The van der Waals surface area contributed by atoms with Crippen LogP contribution in [0.25, 0.3) is 105 Å². The van der Waals surface area contributed by atoms with Gasteiger partial charge in [-0.2, -0.15) is 0 Å². The Labute approximate surface area is 396 Å². The molecule has 0 unspecified atom stereocenters. The molecule has 2 aromatic heterocycles. The van der Waals surface area contributed by atoms with Crippen LogP contribution in [0, 0.1) is 0 Å². The minimum absolute atomic E-state index is 0.111. The van der Waals surface area contributed by atoms with Gasteiger partial charge in [0.1, 0.15) is 0 Å². The summed E-state index contributed by atoms with van der Waals surface area (Å²) in [4.78, 5) is 10.7. The maximum absolute atomic E-state index is 5.35. The Hall–Kier alpha value is -8.60. The van der Waals surface area contributed by atoms with Crippen LogP contribution in [0.5, 0.6) is 0 Å². The summed E-state index contributed by atoms with van der Waals surface area (Å²) in [7, 11) is 0. The van der Waals surface area contributed by atoms with Crippen LogP contribution in [0.2, 0.25) is 0 Å². The Balaban J connectivity index is 0.905. The minimum Gasteiger partial charge on any atom is -0.355 e. The largest absolute Gasteiger partial charge is 0.355 e. The van der Waals surface area contributed by atoms with Crippen molar-refractivity contribution in [2.45, 2.75) is 26.2 Å². The van der Waals surface area contributed by atoms with Gasteiger partial charge in [-0.25, -0.2) is 9.97 Å². The van der Waals surface area contributed by atoms with E-state index in [0.717, 1.165) is 77.7 Å². The molecule has 0 bridgehead atoms. The van der Waals surface area contributed by atoms with E-state index in [1.54, 1.807) is 0 Å². The van der Waals surface area contributed by atoms with Crippen LogP contribution in [-0.4, -0.2) is 14.5 Å². The van der Waals surface area contributed by atoms with Gasteiger partial charge in [0.15, 0.2) is 5.82 Å². The van der Waals surface area contributed by atoms with Gasteiger partial charge in [0.25, 0.3) is 0 Å². The van der Waals surface area contributed by atoms with Gasteiger partial charge in [0.2, 0.25) is 0 Å². The zero-order valence-corrected chi connectivity index (χ0v) is 38.3. The van der Waals surface area contributed by atoms with Crippen LogP contribution in [0.4, 0.5) is 11.4 Å². The molecule has 1 N–H and O–H groups in total. The molecule has 0 saturated heterocycles. The van der Waals surface area contributed by atoms with Gasteiger partial charge in [0, 0.05) is 55.3 Å². The first-order valence-corrected chi connectivity index (χ1v) is 23.4. The van der Waals surface area contributed by atoms with Gasteiger partial charge in [-0.3, -0.25) is 0 Å². The molecule has 2 heterocycles. The van der Waals surface area contributed by atoms with Gasteiger partial charge in [-0.1, -0.05) is 178 Å². The van der Waals surface area contributed by atoms with E-state index < -0.39 is 0 Å². The summed E-state index contributed by atoms with van der Waals surface area (Å²) in [6, 6.07) is 82.7. The number of nitrogens with zero attached hydrogens (tertiary/aromatic N) is 3. The lowest BCUT2D eigenvalue weighted by Gasteiger charge is -2.19. The van der Waals surface area contributed by atoms with E-state index >= 15 is 0 Å². The number of anilines is 2. The fourth-order valence-electron chi connectivity index (χ4n) is 9.77. The smallest absolute Gasteiger partial charge is 0.160 e. The van der Waals surface area contributed by atoms with Crippen LogP contribution in [0.15, 0.2) is 231 Å². The van der Waals surface area contributed by atoms with Crippen molar-refractivity contribution in [2.24, 2.45) is 0 Å². The molecule has 12 aromatic rings. The van der Waals surface area contributed by atoms with Crippen molar-refractivity contribution in [3.05, 3.63) is 236 Å². The number of nitrogens with one attached hydrogen (secondary N) is 1. The molecule has 324 valence electrons. The second-order valence-electron chi connectivity index (χ2n) is 18.7. The van der Waals surface area contributed by atoms with E-state index in [1.807, 2.05) is 6.07 Å². The van der Waals surface area contributed by atoms with E-state index in [0.29, 0.717) is 5.82 Å². The van der Waals surface area contributed by atoms with Gasteiger partial charge >= 0.3 is 0 Å². The van der Waals surface area contributed by atoms with Gasteiger partial charge in [-0.15, -0.1) is 0 Å². The normalized spacial score (nSPS) is 11.8. The summed E-state index contributed by atoms with van der Waals surface area (Å²) in [5.74, 6) is 0.699. The summed E-state index contributed by atoms with van der Waals surface area (Å²) in [5, 5.41) is 9.36. The van der Waals surface area contributed by atoms with Gasteiger partial charge in [0.05, 0.1) is 22.2 Å². The van der Waals surface area contributed by atoms with Crippen molar-refractivity contribution in [3.63, 3.8) is 0 Å². The fraction of sp³-hybridized carbons (Fsp3) is 0.0625. The predicted molar refractivity (Wildman–Crippen MR) is 287 cm³/mol. The number of hydrogen-bond acceptors (Lipinski definition) is 3. The molecule has 12 rings (SSSR count). The summed E-state index contributed by atoms with van der Waals surface area (Å²) < 4.78 is 2.37. The second-order valence-corrected chi connectivity index (χ2v) is 18.7. The molecule has 0 fully saturated rings. The highest BCUT2D eigenvalue weighted by Gasteiger charge is 2.18. The molecule has 4 heteroatoms. The van der Waals surface area contributed by atoms with Gasteiger partial charge < -0.3 is 9.88 Å². The Morgan fingerprint density at radius 1 is 0.397 bits per heavy atom. The van der Waals surface area contributed by atoms with Crippen molar-refractivity contribution in [2.75, 3.05) is 5.32 Å². The highest BCUT2D eigenvalue weighted by atomic mass is 15.0. The number of rotatable bonds is 8. The quantitative estimate of drug-likeness (QED) is 0.155. The first-order valence-electron chi connectivity index (χ1n) is 23.4. The average Bonchev–Trinajstić information content (AvgIpc) is 3.72. The molecule has 0 atom stereocenters. The maximum atomic E-state index is 5.35. The third-order valence-electron chi connectivity index (χ3n) is 13.4. The molecule has 0 aliphatic heterocycles. The zero-order valence-electron chi connectivity index (χ0n) is 38.3. The topological polar surface area (TPSA) is 42.7 Å². The van der Waals surface area contributed by atoms with Crippen LogP contribution in [0.1, 0.15) is 26.3 Å². The molecular weight excluding hydrogens is 825 g/mol. The van der Waals surface area contributed by atoms with Crippen molar-refractivity contribution < 1.29 is 0 Å². The number of aromatic nitrogens is 3. The van der Waals surface area contributed by atoms with Crippen molar-refractivity contribution in [1.29, 1.82) is 0 Å². The summed E-state index contributed by atoms with van der Waals surface area (Å²) >= 11 is 0.